The van der Waals surface area contributed by atoms with E-state index in [9.17, 15) is 18.0 Å². The highest BCUT2D eigenvalue weighted by molar-refractivity contribution is 7.87. The summed E-state index contributed by atoms with van der Waals surface area (Å²) in [7, 11) is -4.82. The first-order valence-electron chi connectivity index (χ1n) is 15.3. The molecule has 8 N–H and O–H groups in total. The number of carbonyl (C=O) groups is 2. The lowest BCUT2D eigenvalue weighted by Crippen LogP contribution is -2.32. The van der Waals surface area contributed by atoms with Crippen LogP contribution in [0.25, 0.3) is 0 Å². The number of rotatable bonds is 27. The largest absolute Gasteiger partial charge is 0.480 e. The van der Waals surface area contributed by atoms with Gasteiger partial charge in [0.25, 0.3) is 10.1 Å². The average Bonchev–Trinajstić information content (AvgIpc) is 2.94. The fourth-order valence-electron chi connectivity index (χ4n) is 3.58. The third kappa shape index (κ3) is 38.6. The van der Waals surface area contributed by atoms with Crippen LogP contribution in [0.4, 0.5) is 0 Å². The summed E-state index contributed by atoms with van der Waals surface area (Å²) in [6, 6.07) is 0. The van der Waals surface area contributed by atoms with Crippen LogP contribution >= 0.6 is 0 Å². The van der Waals surface area contributed by atoms with E-state index in [0.717, 1.165) is 19.3 Å². The summed E-state index contributed by atoms with van der Waals surface area (Å²) >= 11 is 0. The number of aliphatic carboxylic acids is 1. The van der Waals surface area contributed by atoms with Crippen LogP contribution in [-0.2, 0) is 24.4 Å². The Balaban J connectivity index is -0.000000886. The topological polar surface area (TPSA) is 223 Å². The molecule has 14 heteroatoms. The summed E-state index contributed by atoms with van der Waals surface area (Å²) in [5.41, 5.74) is 0. The van der Waals surface area contributed by atoms with Gasteiger partial charge in [0.1, 0.15) is 0 Å². The summed E-state index contributed by atoms with van der Waals surface area (Å²) < 4.78 is 35.4. The van der Waals surface area contributed by atoms with Gasteiger partial charge < -0.3 is 40.9 Å². The Hall–Kier alpha value is -1.39. The minimum atomic E-state index is -4.82. The van der Waals surface area contributed by atoms with Gasteiger partial charge in [0.2, 0.25) is 0 Å². The molecule has 0 radical (unpaired) electrons. The maximum atomic E-state index is 11.5. The quantitative estimate of drug-likeness (QED) is 0.0368. The molecule has 254 valence electrons. The van der Waals surface area contributed by atoms with Crippen molar-refractivity contribution in [2.45, 2.75) is 108 Å². The minimum Gasteiger partial charge on any atom is -0.480 e. The molecule has 0 fully saturated rings. The Kier molecular flexibility index (Phi) is 38.4. The molecule has 0 aliphatic heterocycles. The van der Waals surface area contributed by atoms with Gasteiger partial charge in [-0.15, -0.1) is 0 Å². The van der Waals surface area contributed by atoms with Gasteiger partial charge in [0, 0.05) is 26.2 Å². The zero-order chi connectivity index (χ0) is 32.3. The van der Waals surface area contributed by atoms with E-state index in [1.807, 2.05) is 0 Å². The number of carbonyl (C=O) groups excluding carboxylic acids is 1. The number of unbranched alkanes of at least 4 members (excludes halogenated alkanes) is 13. The number of carboxylic acids is 1. The lowest BCUT2D eigenvalue weighted by molar-refractivity contribution is -0.147. The van der Waals surface area contributed by atoms with E-state index in [4.69, 9.17) is 34.8 Å². The molecule has 0 spiro atoms. The first kappa shape index (κ1) is 45.0. The number of ether oxygens (including phenoxy) is 1. The van der Waals surface area contributed by atoms with Crippen molar-refractivity contribution in [3.05, 3.63) is 0 Å². The molecule has 42 heavy (non-hydrogen) atoms. The SMILES string of the molecule is CCCCCCCCCCCCCCCCOC(=O)CC(C(=O)O)S(=O)(=O)O.OCCNCCO.OCCNCCO. The van der Waals surface area contributed by atoms with Gasteiger partial charge >= 0.3 is 11.9 Å². The summed E-state index contributed by atoms with van der Waals surface area (Å²) in [6.07, 6.45) is 16.1. The molecule has 0 bridgehead atoms. The Labute approximate surface area is 253 Å². The van der Waals surface area contributed by atoms with Crippen molar-refractivity contribution < 1.29 is 52.8 Å². The van der Waals surface area contributed by atoms with E-state index < -0.39 is 33.7 Å². The van der Waals surface area contributed by atoms with Crippen LogP contribution in [0.3, 0.4) is 0 Å². The molecular weight excluding hydrogens is 572 g/mol. The number of hydrogen-bond acceptors (Lipinski definition) is 11. The van der Waals surface area contributed by atoms with Crippen LogP contribution in [0, 0.1) is 0 Å². The van der Waals surface area contributed by atoms with Crippen LogP contribution in [0.15, 0.2) is 0 Å². The molecule has 1 atom stereocenters. The highest BCUT2D eigenvalue weighted by Gasteiger charge is 2.33. The molecular formula is C28H60N2O11S. The maximum absolute atomic E-state index is 11.5. The van der Waals surface area contributed by atoms with Gasteiger partial charge in [0.15, 0.2) is 5.25 Å². The second-order valence-corrected chi connectivity index (χ2v) is 11.4. The summed E-state index contributed by atoms with van der Waals surface area (Å²) in [5.74, 6) is -2.70. The van der Waals surface area contributed by atoms with Crippen LogP contribution in [0.1, 0.15) is 103 Å². The van der Waals surface area contributed by atoms with Gasteiger partial charge in [-0.3, -0.25) is 14.1 Å². The molecule has 0 saturated heterocycles. The fraction of sp³-hybridized carbons (Fsp3) is 0.929. The van der Waals surface area contributed by atoms with Gasteiger partial charge in [-0.05, 0) is 6.42 Å². The molecule has 0 rings (SSSR count). The number of carboxylic acid groups (broad SMARTS) is 1. The number of aliphatic hydroxyl groups is 4. The van der Waals surface area contributed by atoms with Crippen LogP contribution in [0.2, 0.25) is 0 Å². The Morgan fingerprint density at radius 3 is 1.26 bits per heavy atom. The first-order valence-corrected chi connectivity index (χ1v) is 16.8. The first-order chi connectivity index (χ1) is 20.1. The molecule has 0 aromatic heterocycles. The molecule has 0 aliphatic rings. The lowest BCUT2D eigenvalue weighted by atomic mass is 10.0. The van der Waals surface area contributed by atoms with Gasteiger partial charge in [-0.2, -0.15) is 8.42 Å². The van der Waals surface area contributed by atoms with Crippen molar-refractivity contribution in [2.75, 3.05) is 59.2 Å². The highest BCUT2D eigenvalue weighted by atomic mass is 32.2. The van der Waals surface area contributed by atoms with Crippen LogP contribution < -0.4 is 10.6 Å². The molecule has 0 amide bonds. The number of esters is 1. The van der Waals surface area contributed by atoms with E-state index in [-0.39, 0.29) is 33.0 Å². The molecule has 0 aliphatic carbocycles. The Morgan fingerprint density at radius 2 is 0.976 bits per heavy atom. The third-order valence-corrected chi connectivity index (χ3v) is 6.99. The van der Waals surface area contributed by atoms with Gasteiger partial charge in [-0.25, -0.2) is 0 Å². The molecule has 0 saturated carbocycles. The van der Waals surface area contributed by atoms with Crippen molar-refractivity contribution in [3.8, 4) is 0 Å². The number of nitrogens with one attached hydrogen (secondary N) is 2. The van der Waals surface area contributed by atoms with Crippen molar-refractivity contribution in [1.82, 2.24) is 10.6 Å². The van der Waals surface area contributed by atoms with Crippen molar-refractivity contribution in [1.29, 1.82) is 0 Å². The predicted molar refractivity (Wildman–Crippen MR) is 163 cm³/mol. The summed E-state index contributed by atoms with van der Waals surface area (Å²) in [5, 5.41) is 44.7. The number of hydrogen-bond donors (Lipinski definition) is 8. The van der Waals surface area contributed by atoms with Crippen LogP contribution in [0.5, 0.6) is 0 Å². The second kappa shape index (κ2) is 35.8. The molecule has 1 unspecified atom stereocenters. The highest BCUT2D eigenvalue weighted by Crippen LogP contribution is 2.13. The zero-order valence-corrected chi connectivity index (χ0v) is 26.5. The minimum absolute atomic E-state index is 0.134. The predicted octanol–water partition coefficient (Wildman–Crippen LogP) is 1.86. The summed E-state index contributed by atoms with van der Waals surface area (Å²) in [4.78, 5) is 22.2. The molecule has 0 heterocycles. The molecule has 0 aromatic rings. The van der Waals surface area contributed by atoms with Crippen LogP contribution in [-0.4, -0.2) is 115 Å². The van der Waals surface area contributed by atoms with E-state index in [1.165, 1.54) is 64.2 Å². The second-order valence-electron chi connectivity index (χ2n) is 9.76. The smallest absolute Gasteiger partial charge is 0.325 e. The van der Waals surface area contributed by atoms with Crippen molar-refractivity contribution >= 4 is 22.1 Å². The normalized spacial score (nSPS) is 11.6. The Morgan fingerprint density at radius 1 is 0.643 bits per heavy atom. The zero-order valence-electron chi connectivity index (χ0n) is 25.7. The monoisotopic (exact) mass is 632 g/mol. The average molecular weight is 633 g/mol. The van der Waals surface area contributed by atoms with E-state index in [1.54, 1.807) is 0 Å². The van der Waals surface area contributed by atoms with E-state index in [2.05, 4.69) is 17.6 Å². The lowest BCUT2D eigenvalue weighted by Gasteiger charge is -2.09. The number of aliphatic hydroxyl groups excluding tert-OH is 4. The van der Waals surface area contributed by atoms with E-state index in [0.29, 0.717) is 32.6 Å². The van der Waals surface area contributed by atoms with Gasteiger partial charge in [0.05, 0.1) is 39.5 Å². The fourth-order valence-corrected chi connectivity index (χ4v) is 4.18. The standard InChI is InChI=1S/C20H38O7S.2C4H11NO2/c1-2-3-4-5-6-7-8-9-10-11-12-13-14-15-16-27-19(21)17-18(20(22)23)28(24,25)26;2*6-3-1-5-2-4-7/h18H,2-17H2,1H3,(H,22,23)(H,24,25,26);2*5-7H,1-4H2. The summed E-state index contributed by atoms with van der Waals surface area (Å²) in [6.45, 7) is 5.20. The van der Waals surface area contributed by atoms with Crippen molar-refractivity contribution in [2.24, 2.45) is 0 Å². The van der Waals surface area contributed by atoms with Gasteiger partial charge in [-0.1, -0.05) is 90.4 Å². The maximum Gasteiger partial charge on any atom is 0.325 e. The molecule has 13 nitrogen and oxygen atoms in total. The van der Waals surface area contributed by atoms with E-state index >= 15 is 0 Å². The molecule has 0 aromatic carbocycles. The van der Waals surface area contributed by atoms with Crippen molar-refractivity contribution in [3.63, 3.8) is 0 Å². The Bertz CT molecular complexity index is 665. The third-order valence-electron chi connectivity index (χ3n) is 5.90.